The van der Waals surface area contributed by atoms with E-state index in [1.54, 1.807) is 27.7 Å². The van der Waals surface area contributed by atoms with E-state index in [1.165, 1.54) is 0 Å². The lowest BCUT2D eigenvalue weighted by molar-refractivity contribution is -0.142. The lowest BCUT2D eigenvalue weighted by atomic mass is 10.0. The molecule has 160 valence electrons. The van der Waals surface area contributed by atoms with Crippen molar-refractivity contribution in [1.82, 2.24) is 16.0 Å². The SMILES string of the molecule is CC(C)CC(NC(=O)C(CC(N)=O)NC(=O)CNC(=O)C(N)C(C)C)C(=O)O. The molecular weight excluding hydrogens is 370 g/mol. The molecule has 0 saturated carbocycles. The first kappa shape index (κ1) is 25.3. The summed E-state index contributed by atoms with van der Waals surface area (Å²) in [5.41, 5.74) is 10.8. The Morgan fingerprint density at radius 1 is 0.929 bits per heavy atom. The quantitative estimate of drug-likeness (QED) is 0.219. The third-order valence-corrected chi connectivity index (χ3v) is 3.82. The summed E-state index contributed by atoms with van der Waals surface area (Å²) in [7, 11) is 0. The highest BCUT2D eigenvalue weighted by atomic mass is 16.4. The molecule has 8 N–H and O–H groups in total. The molecule has 0 aromatic heterocycles. The van der Waals surface area contributed by atoms with Crippen LogP contribution in [0.5, 0.6) is 0 Å². The van der Waals surface area contributed by atoms with Gasteiger partial charge in [0.25, 0.3) is 0 Å². The molecule has 0 aliphatic heterocycles. The Bertz CT molecular complexity index is 593. The highest BCUT2D eigenvalue weighted by Gasteiger charge is 2.28. The van der Waals surface area contributed by atoms with Crippen molar-refractivity contribution in [3.05, 3.63) is 0 Å². The summed E-state index contributed by atoms with van der Waals surface area (Å²) in [6.07, 6.45) is -0.355. The largest absolute Gasteiger partial charge is 0.480 e. The average molecular weight is 401 g/mol. The van der Waals surface area contributed by atoms with Crippen LogP contribution in [-0.2, 0) is 24.0 Å². The Hall–Kier alpha value is -2.69. The first-order valence-electron chi connectivity index (χ1n) is 8.99. The van der Waals surface area contributed by atoms with E-state index in [9.17, 15) is 29.1 Å². The van der Waals surface area contributed by atoms with Gasteiger partial charge in [-0.3, -0.25) is 19.2 Å². The summed E-state index contributed by atoms with van der Waals surface area (Å²) in [6.45, 7) is 6.60. The number of nitrogens with two attached hydrogens (primary N) is 2. The normalized spacial score (nSPS) is 14.1. The minimum absolute atomic E-state index is 0.00837. The van der Waals surface area contributed by atoms with Crippen LogP contribution in [0.2, 0.25) is 0 Å². The third kappa shape index (κ3) is 9.86. The lowest BCUT2D eigenvalue weighted by Gasteiger charge is -2.22. The number of hydrogen-bond acceptors (Lipinski definition) is 6. The van der Waals surface area contributed by atoms with Crippen LogP contribution < -0.4 is 27.4 Å². The van der Waals surface area contributed by atoms with E-state index in [4.69, 9.17) is 11.5 Å². The summed E-state index contributed by atoms with van der Waals surface area (Å²) < 4.78 is 0. The van der Waals surface area contributed by atoms with Crippen molar-refractivity contribution in [2.24, 2.45) is 23.3 Å². The Labute approximate surface area is 164 Å². The molecule has 0 aliphatic carbocycles. The topological polar surface area (TPSA) is 194 Å². The van der Waals surface area contributed by atoms with Gasteiger partial charge >= 0.3 is 5.97 Å². The predicted molar refractivity (Wildman–Crippen MR) is 101 cm³/mol. The molecule has 0 rings (SSSR count). The second-order valence-electron chi connectivity index (χ2n) is 7.31. The van der Waals surface area contributed by atoms with Gasteiger partial charge in [0.2, 0.25) is 23.6 Å². The third-order valence-electron chi connectivity index (χ3n) is 3.82. The molecule has 0 radical (unpaired) electrons. The summed E-state index contributed by atoms with van der Waals surface area (Å²) >= 11 is 0. The van der Waals surface area contributed by atoms with Crippen LogP contribution in [0.15, 0.2) is 0 Å². The van der Waals surface area contributed by atoms with Gasteiger partial charge in [0.1, 0.15) is 12.1 Å². The van der Waals surface area contributed by atoms with Crippen molar-refractivity contribution < 1.29 is 29.1 Å². The van der Waals surface area contributed by atoms with E-state index in [2.05, 4.69) is 16.0 Å². The van der Waals surface area contributed by atoms with Gasteiger partial charge in [0.05, 0.1) is 19.0 Å². The van der Waals surface area contributed by atoms with Crippen LogP contribution in [0.3, 0.4) is 0 Å². The molecule has 0 aromatic rings. The molecule has 0 spiro atoms. The molecule has 3 atom stereocenters. The summed E-state index contributed by atoms with van der Waals surface area (Å²) in [6, 6.07) is -3.34. The fraction of sp³-hybridized carbons (Fsp3) is 0.706. The van der Waals surface area contributed by atoms with Gasteiger partial charge < -0.3 is 32.5 Å². The van der Waals surface area contributed by atoms with Crippen molar-refractivity contribution in [2.45, 2.75) is 58.7 Å². The molecule has 0 aliphatic rings. The van der Waals surface area contributed by atoms with E-state index < -0.39 is 60.7 Å². The van der Waals surface area contributed by atoms with E-state index in [1.807, 2.05) is 0 Å². The molecular formula is C17H31N5O6. The maximum absolute atomic E-state index is 12.3. The van der Waals surface area contributed by atoms with Crippen LogP contribution in [0.25, 0.3) is 0 Å². The van der Waals surface area contributed by atoms with Gasteiger partial charge in [-0.05, 0) is 18.3 Å². The number of hydrogen-bond donors (Lipinski definition) is 6. The molecule has 0 fully saturated rings. The molecule has 0 saturated heterocycles. The van der Waals surface area contributed by atoms with E-state index in [0.29, 0.717) is 0 Å². The first-order valence-corrected chi connectivity index (χ1v) is 8.99. The Kier molecular flexibility index (Phi) is 10.8. The van der Waals surface area contributed by atoms with Gasteiger partial charge in [-0.15, -0.1) is 0 Å². The van der Waals surface area contributed by atoms with Crippen molar-refractivity contribution in [3.63, 3.8) is 0 Å². The van der Waals surface area contributed by atoms with Crippen LogP contribution >= 0.6 is 0 Å². The lowest BCUT2D eigenvalue weighted by Crippen LogP contribution is -2.55. The number of nitrogens with one attached hydrogen (secondary N) is 3. The number of amides is 4. The average Bonchev–Trinajstić information content (AvgIpc) is 2.56. The number of aliphatic carboxylic acids is 1. The maximum Gasteiger partial charge on any atom is 0.326 e. The number of rotatable bonds is 12. The van der Waals surface area contributed by atoms with Crippen molar-refractivity contribution in [2.75, 3.05) is 6.54 Å². The predicted octanol–water partition coefficient (Wildman–Crippen LogP) is -1.94. The van der Waals surface area contributed by atoms with Crippen LogP contribution in [-0.4, -0.2) is 59.4 Å². The highest BCUT2D eigenvalue weighted by Crippen LogP contribution is 2.06. The smallest absolute Gasteiger partial charge is 0.326 e. The summed E-state index contributed by atoms with van der Waals surface area (Å²) in [4.78, 5) is 58.6. The molecule has 11 heteroatoms. The molecule has 4 amide bonds. The molecule has 28 heavy (non-hydrogen) atoms. The van der Waals surface area contributed by atoms with Crippen molar-refractivity contribution in [1.29, 1.82) is 0 Å². The van der Waals surface area contributed by atoms with Crippen LogP contribution in [0.1, 0.15) is 40.5 Å². The Morgan fingerprint density at radius 2 is 1.50 bits per heavy atom. The van der Waals surface area contributed by atoms with E-state index >= 15 is 0 Å². The van der Waals surface area contributed by atoms with Gasteiger partial charge in [0.15, 0.2) is 0 Å². The van der Waals surface area contributed by atoms with E-state index in [0.717, 1.165) is 0 Å². The molecule has 0 heterocycles. The number of carbonyl (C=O) groups excluding carboxylic acids is 4. The number of carbonyl (C=O) groups is 5. The van der Waals surface area contributed by atoms with Gasteiger partial charge in [-0.25, -0.2) is 4.79 Å². The van der Waals surface area contributed by atoms with Crippen LogP contribution in [0, 0.1) is 11.8 Å². The summed E-state index contributed by atoms with van der Waals surface area (Å²) in [5, 5.41) is 16.1. The van der Waals surface area contributed by atoms with E-state index in [-0.39, 0.29) is 18.3 Å². The minimum Gasteiger partial charge on any atom is -0.480 e. The number of primary amides is 1. The fourth-order valence-corrected chi connectivity index (χ4v) is 2.21. The Morgan fingerprint density at radius 3 is 1.93 bits per heavy atom. The Balaban J connectivity index is 4.94. The second kappa shape index (κ2) is 11.9. The standard InChI is InChI=1S/C17H31N5O6/c1-8(2)5-11(17(27)28)22-15(25)10(6-12(18)23)21-13(24)7-20-16(26)14(19)9(3)4/h8-11,14H,5-7,19H2,1-4H3,(H2,18,23)(H,20,26)(H,21,24)(H,22,25)(H,27,28). The molecule has 11 nitrogen and oxygen atoms in total. The number of carboxylic acids is 1. The van der Waals surface area contributed by atoms with Crippen molar-refractivity contribution >= 4 is 29.6 Å². The van der Waals surface area contributed by atoms with Crippen LogP contribution in [0.4, 0.5) is 0 Å². The number of carboxylic acid groups (broad SMARTS) is 1. The zero-order valence-electron chi connectivity index (χ0n) is 16.7. The maximum atomic E-state index is 12.3. The molecule has 0 bridgehead atoms. The first-order chi connectivity index (χ1) is 12.8. The molecule has 0 aromatic carbocycles. The summed E-state index contributed by atoms with van der Waals surface area (Å²) in [5.74, 6) is -4.38. The zero-order chi connectivity index (χ0) is 22.0. The molecule has 3 unspecified atom stereocenters. The zero-order valence-corrected chi connectivity index (χ0v) is 16.7. The monoisotopic (exact) mass is 401 g/mol. The van der Waals surface area contributed by atoms with Gasteiger partial charge in [-0.1, -0.05) is 27.7 Å². The van der Waals surface area contributed by atoms with Gasteiger partial charge in [0, 0.05) is 0 Å². The second-order valence-corrected chi connectivity index (χ2v) is 7.31. The van der Waals surface area contributed by atoms with Crippen molar-refractivity contribution in [3.8, 4) is 0 Å². The highest BCUT2D eigenvalue weighted by molar-refractivity contribution is 5.94. The van der Waals surface area contributed by atoms with Gasteiger partial charge in [-0.2, -0.15) is 0 Å². The minimum atomic E-state index is -1.37. The fourth-order valence-electron chi connectivity index (χ4n) is 2.21.